The second kappa shape index (κ2) is 3.88. The maximum absolute atomic E-state index is 8.71. The zero-order chi connectivity index (χ0) is 5.70. The summed E-state index contributed by atoms with van der Waals surface area (Å²) in [7, 11) is 0. The lowest BCUT2D eigenvalue weighted by Gasteiger charge is -1.97. The molecule has 41 valence electrons. The predicted molar refractivity (Wildman–Crippen MR) is 30.8 cm³/mol. The molecule has 0 aliphatic rings. The lowest BCUT2D eigenvalue weighted by atomic mass is 10.2. The molecule has 0 rings (SSSR count). The summed E-state index contributed by atoms with van der Waals surface area (Å²) in [5.74, 6) is 0. The Labute approximate surface area is 44.7 Å². The van der Waals surface area contributed by atoms with E-state index in [0.717, 1.165) is 0 Å². The molecule has 1 N–H and O–H groups in total. The third kappa shape index (κ3) is 3.53. The summed E-state index contributed by atoms with van der Waals surface area (Å²) in [6.45, 7) is 5.32. The van der Waals surface area contributed by atoms with Crippen molar-refractivity contribution in [2.75, 3.05) is 0 Å². The van der Waals surface area contributed by atoms with Crippen molar-refractivity contribution < 1.29 is 5.11 Å². The smallest absolute Gasteiger partial charge is 0.0720 e. The minimum Gasteiger partial charge on any atom is -0.389 e. The summed E-state index contributed by atoms with van der Waals surface area (Å²) in [5, 5.41) is 8.71. The number of rotatable bonds is 3. The summed E-state index contributed by atoms with van der Waals surface area (Å²) in [5.41, 5.74) is 0. The normalized spacial score (nSPS) is 13.4. The first-order valence-electron chi connectivity index (χ1n) is 2.39. The van der Waals surface area contributed by atoms with Gasteiger partial charge in [-0.15, -0.1) is 6.58 Å². The van der Waals surface area contributed by atoms with Gasteiger partial charge in [0.25, 0.3) is 0 Å². The number of hydrogen-bond donors (Lipinski definition) is 1. The largest absolute Gasteiger partial charge is 0.389 e. The van der Waals surface area contributed by atoms with Crippen molar-refractivity contribution in [1.82, 2.24) is 0 Å². The van der Waals surface area contributed by atoms with Gasteiger partial charge < -0.3 is 5.11 Å². The monoisotopic (exact) mass is 99.1 g/mol. The molecule has 0 aliphatic carbocycles. The molecule has 7 heavy (non-hydrogen) atoms. The van der Waals surface area contributed by atoms with Crippen LogP contribution in [0.1, 0.15) is 13.3 Å². The van der Waals surface area contributed by atoms with E-state index in [0.29, 0.717) is 6.42 Å². The third-order valence-corrected chi connectivity index (χ3v) is 0.749. The minimum absolute atomic E-state index is 0.343. The summed E-state index contributed by atoms with van der Waals surface area (Å²) in [6, 6.07) is 0. The molecule has 1 nitrogen and oxygen atoms in total. The molecular weight excluding hydrogens is 88.1 g/mol. The quantitative estimate of drug-likeness (QED) is 0.526. The highest BCUT2D eigenvalue weighted by molar-refractivity contribution is 4.80. The lowest BCUT2D eigenvalue weighted by Crippen LogP contribution is -1.98. The SMILES string of the molecule is C=CC(O)C[CH]C. The molecule has 0 aromatic heterocycles. The molecule has 0 aromatic carbocycles. The summed E-state index contributed by atoms with van der Waals surface area (Å²) in [4.78, 5) is 0. The predicted octanol–water partition coefficient (Wildman–Crippen LogP) is 1.15. The van der Waals surface area contributed by atoms with Crippen LogP contribution in [-0.2, 0) is 0 Å². The van der Waals surface area contributed by atoms with Gasteiger partial charge in [-0.05, 0) is 12.8 Å². The molecule has 1 atom stereocenters. The van der Waals surface area contributed by atoms with Gasteiger partial charge in [-0.3, -0.25) is 0 Å². The van der Waals surface area contributed by atoms with E-state index in [9.17, 15) is 0 Å². The van der Waals surface area contributed by atoms with Gasteiger partial charge >= 0.3 is 0 Å². The highest BCUT2D eigenvalue weighted by Gasteiger charge is 1.91. The second-order valence-corrected chi connectivity index (χ2v) is 1.45. The Kier molecular flexibility index (Phi) is 3.71. The van der Waals surface area contributed by atoms with Gasteiger partial charge in [0.1, 0.15) is 0 Å². The topological polar surface area (TPSA) is 20.2 Å². The summed E-state index contributed by atoms with van der Waals surface area (Å²) in [6.07, 6.45) is 3.81. The van der Waals surface area contributed by atoms with Crippen LogP contribution in [0.4, 0.5) is 0 Å². The molecule has 0 saturated carbocycles. The van der Waals surface area contributed by atoms with Crippen LogP contribution in [0.25, 0.3) is 0 Å². The van der Waals surface area contributed by atoms with Crippen LogP contribution in [0.2, 0.25) is 0 Å². The summed E-state index contributed by atoms with van der Waals surface area (Å²) < 4.78 is 0. The Morgan fingerprint density at radius 2 is 2.43 bits per heavy atom. The van der Waals surface area contributed by atoms with E-state index >= 15 is 0 Å². The number of aliphatic hydroxyl groups is 1. The van der Waals surface area contributed by atoms with Gasteiger partial charge in [-0.25, -0.2) is 0 Å². The van der Waals surface area contributed by atoms with Crippen LogP contribution in [0, 0.1) is 6.42 Å². The molecule has 0 aromatic rings. The maximum Gasteiger partial charge on any atom is 0.0720 e. The molecule has 0 spiro atoms. The van der Waals surface area contributed by atoms with E-state index in [2.05, 4.69) is 6.58 Å². The fourth-order valence-electron chi connectivity index (χ4n) is 0.338. The first-order chi connectivity index (χ1) is 3.31. The van der Waals surface area contributed by atoms with E-state index in [-0.39, 0.29) is 6.10 Å². The van der Waals surface area contributed by atoms with Gasteiger partial charge in [0.2, 0.25) is 0 Å². The van der Waals surface area contributed by atoms with Crippen LogP contribution >= 0.6 is 0 Å². The molecule has 0 saturated heterocycles. The van der Waals surface area contributed by atoms with Crippen molar-refractivity contribution >= 4 is 0 Å². The van der Waals surface area contributed by atoms with Gasteiger partial charge in [-0.1, -0.05) is 13.0 Å². The maximum atomic E-state index is 8.71. The Morgan fingerprint density at radius 3 is 2.57 bits per heavy atom. The van der Waals surface area contributed by atoms with Crippen molar-refractivity contribution in [2.45, 2.75) is 19.4 Å². The second-order valence-electron chi connectivity index (χ2n) is 1.45. The average Bonchev–Trinajstić information content (AvgIpc) is 1.68. The lowest BCUT2D eigenvalue weighted by molar-refractivity contribution is 0.223. The van der Waals surface area contributed by atoms with Crippen molar-refractivity contribution in [3.63, 3.8) is 0 Å². The van der Waals surface area contributed by atoms with Crippen LogP contribution in [-0.4, -0.2) is 11.2 Å². The van der Waals surface area contributed by atoms with Gasteiger partial charge in [0.15, 0.2) is 0 Å². The molecule has 0 aliphatic heterocycles. The zero-order valence-electron chi connectivity index (χ0n) is 4.59. The van der Waals surface area contributed by atoms with Crippen LogP contribution in [0.5, 0.6) is 0 Å². The van der Waals surface area contributed by atoms with Crippen LogP contribution < -0.4 is 0 Å². The molecule has 0 heterocycles. The third-order valence-electron chi connectivity index (χ3n) is 0.749. The number of aliphatic hydroxyl groups excluding tert-OH is 1. The molecule has 0 bridgehead atoms. The molecular formula is C6H11O. The fraction of sp³-hybridized carbons (Fsp3) is 0.500. The molecule has 1 heteroatoms. The van der Waals surface area contributed by atoms with E-state index in [1.54, 1.807) is 0 Å². The molecule has 1 unspecified atom stereocenters. The van der Waals surface area contributed by atoms with Gasteiger partial charge in [-0.2, -0.15) is 0 Å². The van der Waals surface area contributed by atoms with Crippen LogP contribution in [0.15, 0.2) is 12.7 Å². The molecule has 1 radical (unpaired) electrons. The van der Waals surface area contributed by atoms with Crippen molar-refractivity contribution in [1.29, 1.82) is 0 Å². The van der Waals surface area contributed by atoms with Crippen molar-refractivity contribution in [3.8, 4) is 0 Å². The van der Waals surface area contributed by atoms with Crippen LogP contribution in [0.3, 0.4) is 0 Å². The Bertz CT molecular complexity index is 50.1. The average molecular weight is 99.2 g/mol. The Balaban J connectivity index is 2.98. The van der Waals surface area contributed by atoms with E-state index in [4.69, 9.17) is 5.11 Å². The zero-order valence-corrected chi connectivity index (χ0v) is 4.59. The van der Waals surface area contributed by atoms with E-state index in [1.165, 1.54) is 6.08 Å². The van der Waals surface area contributed by atoms with Crippen molar-refractivity contribution in [3.05, 3.63) is 19.1 Å². The summed E-state index contributed by atoms with van der Waals surface area (Å²) >= 11 is 0. The Morgan fingerprint density at radius 1 is 1.86 bits per heavy atom. The fourth-order valence-corrected chi connectivity index (χ4v) is 0.338. The minimum atomic E-state index is -0.343. The highest BCUT2D eigenvalue weighted by Crippen LogP contribution is 1.93. The van der Waals surface area contributed by atoms with Gasteiger partial charge in [0, 0.05) is 0 Å². The van der Waals surface area contributed by atoms with Gasteiger partial charge in [0.05, 0.1) is 6.10 Å². The molecule has 0 amide bonds. The first-order valence-corrected chi connectivity index (χ1v) is 2.39. The van der Waals surface area contributed by atoms with Crippen molar-refractivity contribution in [2.24, 2.45) is 0 Å². The Hall–Kier alpha value is -0.300. The number of hydrogen-bond acceptors (Lipinski definition) is 1. The highest BCUT2D eigenvalue weighted by atomic mass is 16.3. The van der Waals surface area contributed by atoms with E-state index in [1.807, 2.05) is 13.3 Å². The first kappa shape index (κ1) is 6.70. The van der Waals surface area contributed by atoms with E-state index < -0.39 is 0 Å². The standard InChI is InChI=1S/C6H11O/c1-3-5-6(7)4-2/h3-4,6-7H,2,5H2,1H3. The molecule has 0 fully saturated rings.